The number of thiazole rings is 1. The summed E-state index contributed by atoms with van der Waals surface area (Å²) in [7, 11) is 0. The lowest BCUT2D eigenvalue weighted by atomic mass is 10.1. The van der Waals surface area contributed by atoms with Gasteiger partial charge in [-0.15, -0.1) is 11.3 Å². The Labute approximate surface area is 179 Å². The molecule has 4 rings (SSSR count). The number of hydrogen-bond donors (Lipinski definition) is 0. The lowest BCUT2D eigenvalue weighted by Gasteiger charge is -2.34. The van der Waals surface area contributed by atoms with E-state index in [1.54, 1.807) is 27.3 Å². The zero-order valence-corrected chi connectivity index (χ0v) is 17.1. The lowest BCUT2D eigenvalue weighted by molar-refractivity contribution is -0.137. The molecule has 1 saturated heterocycles. The molecule has 2 amide bonds. The van der Waals surface area contributed by atoms with Crippen LogP contribution in [0.5, 0.6) is 0 Å². The van der Waals surface area contributed by atoms with Gasteiger partial charge in [0.15, 0.2) is 5.76 Å². The minimum Gasteiger partial charge on any atom is -0.459 e. The molecule has 1 fully saturated rings. The van der Waals surface area contributed by atoms with Gasteiger partial charge in [-0.05, 0) is 24.3 Å². The van der Waals surface area contributed by atoms with Crippen LogP contribution in [0.3, 0.4) is 0 Å². The molecule has 0 N–H and O–H groups in total. The van der Waals surface area contributed by atoms with Gasteiger partial charge >= 0.3 is 6.18 Å². The van der Waals surface area contributed by atoms with Crippen molar-refractivity contribution in [1.82, 2.24) is 14.8 Å². The Hall–Kier alpha value is -3.14. The minimum absolute atomic E-state index is 0.100. The Morgan fingerprint density at radius 2 is 1.71 bits per heavy atom. The van der Waals surface area contributed by atoms with Gasteiger partial charge in [0.2, 0.25) is 5.91 Å². The van der Waals surface area contributed by atoms with Crippen molar-refractivity contribution in [2.24, 2.45) is 0 Å². The molecule has 10 heteroatoms. The predicted molar refractivity (Wildman–Crippen MR) is 107 cm³/mol. The standard InChI is InChI=1S/C21H18F3N3O3S/c22-21(23,24)15-5-3-14(4-6-15)19-25-16(13-31-19)12-18(28)26-7-9-27(10-8-26)20(29)17-2-1-11-30-17/h1-6,11,13H,7-10,12H2. The molecular formula is C21H18F3N3O3S. The van der Waals surface area contributed by atoms with Crippen molar-refractivity contribution in [1.29, 1.82) is 0 Å². The third-order valence-electron chi connectivity index (χ3n) is 4.99. The average molecular weight is 449 g/mol. The number of piperazine rings is 1. The molecule has 1 aliphatic heterocycles. The van der Waals surface area contributed by atoms with Crippen LogP contribution in [0.4, 0.5) is 13.2 Å². The number of carbonyl (C=O) groups excluding carboxylic acids is 2. The monoisotopic (exact) mass is 449 g/mol. The van der Waals surface area contributed by atoms with E-state index in [0.29, 0.717) is 42.4 Å². The molecule has 1 aromatic carbocycles. The summed E-state index contributed by atoms with van der Waals surface area (Å²) >= 11 is 1.28. The summed E-state index contributed by atoms with van der Waals surface area (Å²) in [5.74, 6) is -0.0230. The number of benzene rings is 1. The minimum atomic E-state index is -4.38. The summed E-state index contributed by atoms with van der Waals surface area (Å²) < 4.78 is 43.2. The van der Waals surface area contributed by atoms with Crippen molar-refractivity contribution >= 4 is 23.2 Å². The Kier molecular flexibility index (Phi) is 5.81. The van der Waals surface area contributed by atoms with Gasteiger partial charge in [-0.25, -0.2) is 4.98 Å². The fourth-order valence-electron chi connectivity index (χ4n) is 3.30. The van der Waals surface area contributed by atoms with Crippen LogP contribution in [0.25, 0.3) is 10.6 Å². The summed E-state index contributed by atoms with van der Waals surface area (Å²) in [4.78, 5) is 32.6. The molecule has 0 aliphatic carbocycles. The first-order chi connectivity index (χ1) is 14.8. The number of alkyl halides is 3. The van der Waals surface area contributed by atoms with Gasteiger partial charge in [0.25, 0.3) is 5.91 Å². The van der Waals surface area contributed by atoms with Crippen molar-refractivity contribution < 1.29 is 27.2 Å². The van der Waals surface area contributed by atoms with E-state index in [0.717, 1.165) is 12.1 Å². The van der Waals surface area contributed by atoms with Crippen LogP contribution < -0.4 is 0 Å². The largest absolute Gasteiger partial charge is 0.459 e. The molecule has 31 heavy (non-hydrogen) atoms. The third kappa shape index (κ3) is 4.79. The number of carbonyl (C=O) groups is 2. The maximum Gasteiger partial charge on any atom is 0.416 e. The fraction of sp³-hybridized carbons (Fsp3) is 0.286. The van der Waals surface area contributed by atoms with Gasteiger partial charge in [0.1, 0.15) is 5.01 Å². The first kappa shape index (κ1) is 21.1. The maximum atomic E-state index is 12.7. The van der Waals surface area contributed by atoms with Crippen LogP contribution >= 0.6 is 11.3 Å². The molecular weight excluding hydrogens is 431 g/mol. The van der Waals surface area contributed by atoms with Crippen LogP contribution in [0, 0.1) is 0 Å². The van der Waals surface area contributed by atoms with Gasteiger partial charge in [-0.3, -0.25) is 9.59 Å². The molecule has 0 radical (unpaired) electrons. The van der Waals surface area contributed by atoms with Gasteiger partial charge in [-0.2, -0.15) is 13.2 Å². The van der Waals surface area contributed by atoms with Crippen molar-refractivity contribution in [3.63, 3.8) is 0 Å². The Bertz CT molecular complexity index is 1050. The van der Waals surface area contributed by atoms with Crippen LogP contribution in [-0.2, 0) is 17.4 Å². The molecule has 1 aliphatic rings. The second-order valence-corrected chi connectivity index (χ2v) is 7.90. The number of amides is 2. The van der Waals surface area contributed by atoms with E-state index < -0.39 is 11.7 Å². The van der Waals surface area contributed by atoms with Crippen LogP contribution in [-0.4, -0.2) is 52.8 Å². The first-order valence-corrected chi connectivity index (χ1v) is 10.4. The summed E-state index contributed by atoms with van der Waals surface area (Å²) in [5.41, 5.74) is 0.425. The van der Waals surface area contributed by atoms with Gasteiger partial charge in [-0.1, -0.05) is 12.1 Å². The van der Waals surface area contributed by atoms with E-state index in [-0.39, 0.29) is 24.0 Å². The van der Waals surface area contributed by atoms with Crippen molar-refractivity contribution in [2.45, 2.75) is 12.6 Å². The number of furan rings is 1. The Morgan fingerprint density at radius 1 is 1.03 bits per heavy atom. The smallest absolute Gasteiger partial charge is 0.416 e. The van der Waals surface area contributed by atoms with Crippen molar-refractivity contribution in [3.05, 3.63) is 65.1 Å². The first-order valence-electron chi connectivity index (χ1n) is 9.54. The normalized spacial score (nSPS) is 14.7. The second-order valence-electron chi connectivity index (χ2n) is 7.05. The summed E-state index contributed by atoms with van der Waals surface area (Å²) in [6.45, 7) is 1.67. The van der Waals surface area contributed by atoms with E-state index in [9.17, 15) is 22.8 Å². The Balaban J connectivity index is 1.33. The molecule has 0 spiro atoms. The molecule has 0 unspecified atom stereocenters. The zero-order valence-electron chi connectivity index (χ0n) is 16.3. The lowest BCUT2D eigenvalue weighted by Crippen LogP contribution is -2.50. The molecule has 0 atom stereocenters. The second kappa shape index (κ2) is 8.54. The van der Waals surface area contributed by atoms with Gasteiger partial charge in [0.05, 0.1) is 23.9 Å². The highest BCUT2D eigenvalue weighted by Crippen LogP contribution is 2.31. The number of hydrogen-bond acceptors (Lipinski definition) is 5. The van der Waals surface area contributed by atoms with Gasteiger partial charge in [0, 0.05) is 37.1 Å². The highest BCUT2D eigenvalue weighted by molar-refractivity contribution is 7.13. The zero-order chi connectivity index (χ0) is 22.0. The van der Waals surface area contributed by atoms with Crippen molar-refractivity contribution in [2.75, 3.05) is 26.2 Å². The third-order valence-corrected chi connectivity index (χ3v) is 5.93. The quantitative estimate of drug-likeness (QED) is 0.605. The molecule has 162 valence electrons. The summed E-state index contributed by atoms with van der Waals surface area (Å²) in [6, 6.07) is 8.05. The van der Waals surface area contributed by atoms with Crippen LogP contribution in [0.1, 0.15) is 21.8 Å². The maximum absolute atomic E-state index is 12.7. The number of nitrogens with zero attached hydrogens (tertiary/aromatic N) is 3. The van der Waals surface area contributed by atoms with Crippen LogP contribution in [0.15, 0.2) is 52.5 Å². The molecule has 6 nitrogen and oxygen atoms in total. The summed E-state index contributed by atoms with van der Waals surface area (Å²) in [5, 5.41) is 2.30. The molecule has 0 saturated carbocycles. The number of aromatic nitrogens is 1. The molecule has 2 aromatic heterocycles. The summed E-state index contributed by atoms with van der Waals surface area (Å²) in [6.07, 6.45) is -2.84. The highest BCUT2D eigenvalue weighted by Gasteiger charge is 2.30. The fourth-order valence-corrected chi connectivity index (χ4v) is 4.13. The number of rotatable bonds is 4. The van der Waals surface area contributed by atoms with Crippen LogP contribution in [0.2, 0.25) is 0 Å². The van der Waals surface area contributed by atoms with Crippen molar-refractivity contribution in [3.8, 4) is 10.6 Å². The predicted octanol–water partition coefficient (Wildman–Crippen LogP) is 3.95. The Morgan fingerprint density at radius 3 is 2.32 bits per heavy atom. The molecule has 3 heterocycles. The topological polar surface area (TPSA) is 66.7 Å². The van der Waals surface area contributed by atoms with Gasteiger partial charge < -0.3 is 14.2 Å². The number of halogens is 3. The van der Waals surface area contributed by atoms with E-state index in [1.807, 2.05) is 0 Å². The van der Waals surface area contributed by atoms with E-state index in [1.165, 1.54) is 29.7 Å². The highest BCUT2D eigenvalue weighted by atomic mass is 32.1. The van der Waals surface area contributed by atoms with E-state index in [2.05, 4.69) is 4.98 Å². The van der Waals surface area contributed by atoms with E-state index >= 15 is 0 Å². The van der Waals surface area contributed by atoms with E-state index in [4.69, 9.17) is 4.42 Å². The molecule has 3 aromatic rings. The SMILES string of the molecule is O=C(Cc1csc(-c2ccc(C(F)(F)F)cc2)n1)N1CCN(C(=O)c2ccco2)CC1. The average Bonchev–Trinajstić information content (AvgIpc) is 3.45. The molecule has 0 bridgehead atoms.